The summed E-state index contributed by atoms with van der Waals surface area (Å²) < 4.78 is 0. The van der Waals surface area contributed by atoms with Gasteiger partial charge in [-0.15, -0.1) is 0 Å². The standard InChI is InChI=1S/C19H25ClN4/c1-3-17-6-4-5-11-24(17)19-22-14(2)12-18(23-19)21-13-15-7-9-16(20)10-8-15/h7-10,12,17H,3-6,11,13H2,1-2H3,(H,21,22,23). The molecule has 128 valence electrons. The third-order valence-electron chi connectivity index (χ3n) is 4.58. The van der Waals surface area contributed by atoms with Crippen molar-refractivity contribution in [3.05, 3.63) is 46.6 Å². The highest BCUT2D eigenvalue weighted by atomic mass is 35.5. The SMILES string of the molecule is CCC1CCCCN1c1nc(C)cc(NCc2ccc(Cl)cc2)n1. The van der Waals surface area contributed by atoms with E-state index >= 15 is 0 Å². The van der Waals surface area contributed by atoms with Crippen molar-refractivity contribution in [1.29, 1.82) is 0 Å². The zero-order chi connectivity index (χ0) is 16.9. The molecule has 5 heteroatoms. The van der Waals surface area contributed by atoms with Gasteiger partial charge < -0.3 is 10.2 Å². The topological polar surface area (TPSA) is 41.1 Å². The van der Waals surface area contributed by atoms with Crippen LogP contribution in [0.5, 0.6) is 0 Å². The van der Waals surface area contributed by atoms with Gasteiger partial charge in [0.2, 0.25) is 5.95 Å². The van der Waals surface area contributed by atoms with Crippen LogP contribution in [0.3, 0.4) is 0 Å². The molecule has 4 nitrogen and oxygen atoms in total. The molecule has 2 aromatic rings. The summed E-state index contributed by atoms with van der Waals surface area (Å²) >= 11 is 5.94. The van der Waals surface area contributed by atoms with E-state index in [1.54, 1.807) is 0 Å². The third-order valence-corrected chi connectivity index (χ3v) is 4.84. The Hall–Kier alpha value is -1.81. The first-order valence-electron chi connectivity index (χ1n) is 8.76. The summed E-state index contributed by atoms with van der Waals surface area (Å²) in [4.78, 5) is 11.8. The number of piperidine rings is 1. The third kappa shape index (κ3) is 4.18. The summed E-state index contributed by atoms with van der Waals surface area (Å²) in [5, 5.41) is 4.17. The van der Waals surface area contributed by atoms with Crippen molar-refractivity contribution in [3.8, 4) is 0 Å². The monoisotopic (exact) mass is 344 g/mol. The second kappa shape index (κ2) is 7.84. The number of rotatable bonds is 5. The van der Waals surface area contributed by atoms with E-state index in [4.69, 9.17) is 16.6 Å². The lowest BCUT2D eigenvalue weighted by Gasteiger charge is -2.35. The van der Waals surface area contributed by atoms with Crippen molar-refractivity contribution in [2.75, 3.05) is 16.8 Å². The first kappa shape index (κ1) is 17.0. The Morgan fingerprint density at radius 3 is 2.75 bits per heavy atom. The fraction of sp³-hybridized carbons (Fsp3) is 0.474. The lowest BCUT2D eigenvalue weighted by atomic mass is 10.0. The zero-order valence-corrected chi connectivity index (χ0v) is 15.2. The number of nitrogens with one attached hydrogen (secondary N) is 1. The van der Waals surface area contributed by atoms with Gasteiger partial charge in [-0.25, -0.2) is 4.98 Å². The molecule has 1 aromatic carbocycles. The second-order valence-corrected chi connectivity index (χ2v) is 6.86. The lowest BCUT2D eigenvalue weighted by molar-refractivity contribution is 0.443. The summed E-state index contributed by atoms with van der Waals surface area (Å²) in [5.74, 6) is 1.74. The molecular weight excluding hydrogens is 320 g/mol. The maximum Gasteiger partial charge on any atom is 0.227 e. The number of hydrogen-bond donors (Lipinski definition) is 1. The van der Waals surface area contributed by atoms with E-state index in [1.807, 2.05) is 37.3 Å². The highest BCUT2D eigenvalue weighted by Crippen LogP contribution is 2.25. The minimum atomic E-state index is 0.560. The highest BCUT2D eigenvalue weighted by molar-refractivity contribution is 6.30. The summed E-state index contributed by atoms with van der Waals surface area (Å²) in [6.07, 6.45) is 4.91. The van der Waals surface area contributed by atoms with Gasteiger partial charge in [-0.3, -0.25) is 0 Å². The Labute approximate surface area is 149 Å². The van der Waals surface area contributed by atoms with Crippen LogP contribution in [0.15, 0.2) is 30.3 Å². The van der Waals surface area contributed by atoms with Crippen LogP contribution < -0.4 is 10.2 Å². The number of hydrogen-bond acceptors (Lipinski definition) is 4. The van der Waals surface area contributed by atoms with E-state index in [1.165, 1.54) is 24.8 Å². The van der Waals surface area contributed by atoms with Gasteiger partial charge in [0.05, 0.1) is 0 Å². The Morgan fingerprint density at radius 1 is 1.21 bits per heavy atom. The van der Waals surface area contributed by atoms with Crippen LogP contribution in [0.2, 0.25) is 5.02 Å². The van der Waals surface area contributed by atoms with Crippen LogP contribution in [-0.2, 0) is 6.54 Å². The van der Waals surface area contributed by atoms with E-state index in [-0.39, 0.29) is 0 Å². The number of anilines is 2. The summed E-state index contributed by atoms with van der Waals surface area (Å²) in [5.41, 5.74) is 2.18. The maximum absolute atomic E-state index is 5.94. The van der Waals surface area contributed by atoms with E-state index in [0.717, 1.165) is 42.0 Å². The Bertz CT molecular complexity index is 672. The molecule has 0 spiro atoms. The summed E-state index contributed by atoms with van der Waals surface area (Å²) in [6, 6.07) is 10.4. The molecule has 1 saturated heterocycles. The molecule has 0 aliphatic carbocycles. The Kier molecular flexibility index (Phi) is 5.56. The van der Waals surface area contributed by atoms with Crippen LogP contribution in [0.25, 0.3) is 0 Å². The van der Waals surface area contributed by atoms with Gasteiger partial charge in [-0.2, -0.15) is 4.98 Å². The number of aryl methyl sites for hydroxylation is 1. The largest absolute Gasteiger partial charge is 0.366 e. The normalized spacial score (nSPS) is 17.8. The van der Waals surface area contributed by atoms with E-state index in [0.29, 0.717) is 6.04 Å². The van der Waals surface area contributed by atoms with Crippen molar-refractivity contribution >= 4 is 23.4 Å². The molecule has 0 radical (unpaired) electrons. The molecule has 1 atom stereocenters. The van der Waals surface area contributed by atoms with Crippen LogP contribution in [0.4, 0.5) is 11.8 Å². The Balaban J connectivity index is 1.74. The average molecular weight is 345 g/mol. The van der Waals surface area contributed by atoms with Gasteiger partial charge in [-0.05, 0) is 50.3 Å². The fourth-order valence-corrected chi connectivity index (χ4v) is 3.38. The Morgan fingerprint density at radius 2 is 2.00 bits per heavy atom. The van der Waals surface area contributed by atoms with Gasteiger partial charge >= 0.3 is 0 Å². The molecule has 2 heterocycles. The number of halogens is 1. The predicted octanol–water partition coefficient (Wildman–Crippen LogP) is 4.82. The van der Waals surface area contributed by atoms with Crippen molar-refractivity contribution in [2.24, 2.45) is 0 Å². The minimum absolute atomic E-state index is 0.560. The second-order valence-electron chi connectivity index (χ2n) is 6.43. The molecule has 24 heavy (non-hydrogen) atoms. The molecule has 0 bridgehead atoms. The van der Waals surface area contributed by atoms with Gasteiger partial charge in [0.15, 0.2) is 0 Å². The molecule has 1 fully saturated rings. The fourth-order valence-electron chi connectivity index (χ4n) is 3.26. The first-order valence-corrected chi connectivity index (χ1v) is 9.14. The molecular formula is C19H25ClN4. The molecule has 1 aromatic heterocycles. The molecule has 1 unspecified atom stereocenters. The smallest absolute Gasteiger partial charge is 0.227 e. The molecule has 0 amide bonds. The summed E-state index contributed by atoms with van der Waals surface area (Å²) in [6.45, 7) is 6.06. The number of benzene rings is 1. The van der Waals surface area contributed by atoms with Crippen molar-refractivity contribution in [2.45, 2.75) is 52.1 Å². The van der Waals surface area contributed by atoms with E-state index in [2.05, 4.69) is 22.1 Å². The van der Waals surface area contributed by atoms with Gasteiger partial charge in [0.1, 0.15) is 5.82 Å². The quantitative estimate of drug-likeness (QED) is 0.844. The first-order chi connectivity index (χ1) is 11.7. The van der Waals surface area contributed by atoms with Gasteiger partial charge in [0.25, 0.3) is 0 Å². The van der Waals surface area contributed by atoms with Crippen LogP contribution >= 0.6 is 11.6 Å². The molecule has 1 aliphatic rings. The highest BCUT2D eigenvalue weighted by Gasteiger charge is 2.23. The van der Waals surface area contributed by atoms with E-state index in [9.17, 15) is 0 Å². The number of aromatic nitrogens is 2. The summed E-state index contributed by atoms with van der Waals surface area (Å²) in [7, 11) is 0. The van der Waals surface area contributed by atoms with Gasteiger partial charge in [-0.1, -0.05) is 30.7 Å². The minimum Gasteiger partial charge on any atom is -0.366 e. The molecule has 1 aliphatic heterocycles. The van der Waals surface area contributed by atoms with Crippen LogP contribution in [0.1, 0.15) is 43.9 Å². The molecule has 1 N–H and O–H groups in total. The maximum atomic E-state index is 5.94. The van der Waals surface area contributed by atoms with Crippen molar-refractivity contribution in [3.63, 3.8) is 0 Å². The predicted molar refractivity (Wildman–Crippen MR) is 101 cm³/mol. The van der Waals surface area contributed by atoms with E-state index < -0.39 is 0 Å². The van der Waals surface area contributed by atoms with Crippen molar-refractivity contribution in [1.82, 2.24) is 9.97 Å². The molecule has 0 saturated carbocycles. The molecule has 3 rings (SSSR count). The van der Waals surface area contributed by atoms with Crippen molar-refractivity contribution < 1.29 is 0 Å². The van der Waals surface area contributed by atoms with Crippen LogP contribution in [0, 0.1) is 6.92 Å². The van der Waals surface area contributed by atoms with Crippen LogP contribution in [-0.4, -0.2) is 22.6 Å². The van der Waals surface area contributed by atoms with Gasteiger partial charge in [0, 0.05) is 35.9 Å². The zero-order valence-electron chi connectivity index (χ0n) is 14.4. The average Bonchev–Trinajstić information content (AvgIpc) is 2.61. The lowest BCUT2D eigenvalue weighted by Crippen LogP contribution is -2.40. The number of nitrogens with zero attached hydrogens (tertiary/aromatic N) is 3.